The van der Waals surface area contributed by atoms with Gasteiger partial charge in [-0.15, -0.1) is 0 Å². The van der Waals surface area contributed by atoms with Crippen molar-refractivity contribution in [2.75, 3.05) is 14.8 Å². The highest BCUT2D eigenvalue weighted by Gasteiger charge is 2.21. The molecule has 0 aromatic heterocycles. The van der Waals surface area contributed by atoms with Gasteiger partial charge in [0, 0.05) is 22.0 Å². The molecule has 4 aromatic carbocycles. The molecule has 0 radical (unpaired) electrons. The van der Waals surface area contributed by atoms with Crippen LogP contribution < -0.4 is 14.8 Å². The Morgan fingerprint density at radius 3 is 1.98 bits per heavy atom. The van der Waals surface area contributed by atoms with Gasteiger partial charge in [-0.05, 0) is 104 Å². The second kappa shape index (κ2) is 11.5. The van der Waals surface area contributed by atoms with Gasteiger partial charge in [-0.25, -0.2) is 16.8 Å². The van der Waals surface area contributed by atoms with Crippen LogP contribution in [0.15, 0.2) is 88.7 Å². The molecule has 40 heavy (non-hydrogen) atoms. The van der Waals surface area contributed by atoms with Crippen molar-refractivity contribution < 1.29 is 21.6 Å². The van der Waals surface area contributed by atoms with Crippen molar-refractivity contribution in [3.63, 3.8) is 0 Å². The highest BCUT2D eigenvalue weighted by atomic mass is 35.5. The van der Waals surface area contributed by atoms with E-state index >= 15 is 0 Å². The van der Waals surface area contributed by atoms with Crippen LogP contribution in [0.2, 0.25) is 10.0 Å². The molecule has 12 heteroatoms. The van der Waals surface area contributed by atoms with Crippen LogP contribution in [0.1, 0.15) is 27.0 Å². The van der Waals surface area contributed by atoms with Crippen LogP contribution in [0.4, 0.5) is 17.1 Å². The van der Waals surface area contributed by atoms with Crippen molar-refractivity contribution in [2.24, 2.45) is 0 Å². The van der Waals surface area contributed by atoms with Gasteiger partial charge in [-0.2, -0.15) is 0 Å². The van der Waals surface area contributed by atoms with E-state index < -0.39 is 26.0 Å². The molecule has 0 aliphatic carbocycles. The maximum absolute atomic E-state index is 13.1. The summed E-state index contributed by atoms with van der Waals surface area (Å²) >= 11 is 12.2. The Labute approximate surface area is 243 Å². The predicted molar refractivity (Wildman–Crippen MR) is 160 cm³/mol. The molecule has 0 saturated carbocycles. The summed E-state index contributed by atoms with van der Waals surface area (Å²) in [4.78, 5) is 12.6. The van der Waals surface area contributed by atoms with Gasteiger partial charge in [-0.3, -0.25) is 14.2 Å². The third-order valence-electron chi connectivity index (χ3n) is 6.11. The van der Waals surface area contributed by atoms with Crippen molar-refractivity contribution in [2.45, 2.75) is 30.6 Å². The van der Waals surface area contributed by atoms with Crippen LogP contribution in [0.5, 0.6) is 0 Å². The molecule has 0 fully saturated rings. The molecule has 208 valence electrons. The van der Waals surface area contributed by atoms with Gasteiger partial charge < -0.3 is 5.32 Å². The minimum atomic E-state index is -4.10. The molecule has 1 amide bonds. The number of amides is 1. The van der Waals surface area contributed by atoms with Crippen LogP contribution >= 0.6 is 23.2 Å². The molecule has 0 spiro atoms. The second-order valence-corrected chi connectivity index (χ2v) is 13.3. The van der Waals surface area contributed by atoms with Gasteiger partial charge in [0.25, 0.3) is 26.0 Å². The van der Waals surface area contributed by atoms with Gasteiger partial charge in [-0.1, -0.05) is 35.3 Å². The predicted octanol–water partition coefficient (Wildman–Crippen LogP) is 6.77. The van der Waals surface area contributed by atoms with E-state index in [1.54, 1.807) is 37.3 Å². The standard InChI is InChI=1S/C28H25Cl2N3O5S2/c1-17-5-8-23(14-19(17)3)32-40(37,38)27-15-20(6-13-25(27)30)28(34)31-22-9-11-24(12-10-22)39(35,36)33-26-16-21(29)7-4-18(26)2/h4-16,32-33H,1-3H3,(H,31,34). The van der Waals surface area contributed by atoms with Gasteiger partial charge >= 0.3 is 0 Å². The van der Waals surface area contributed by atoms with Crippen LogP contribution in [-0.2, 0) is 20.0 Å². The maximum Gasteiger partial charge on any atom is 0.263 e. The topological polar surface area (TPSA) is 121 Å². The minimum Gasteiger partial charge on any atom is -0.322 e. The van der Waals surface area contributed by atoms with Gasteiger partial charge in [0.2, 0.25) is 0 Å². The molecule has 4 aromatic rings. The van der Waals surface area contributed by atoms with E-state index in [0.29, 0.717) is 27.6 Å². The Kier molecular flexibility index (Phi) is 8.46. The summed E-state index contributed by atoms with van der Waals surface area (Å²) < 4.78 is 56.8. The van der Waals surface area contributed by atoms with Gasteiger partial charge in [0.15, 0.2) is 0 Å². The first-order valence-corrected chi connectivity index (χ1v) is 15.6. The lowest BCUT2D eigenvalue weighted by atomic mass is 10.1. The maximum atomic E-state index is 13.1. The molecule has 0 saturated heterocycles. The van der Waals surface area contributed by atoms with E-state index in [0.717, 1.165) is 11.1 Å². The van der Waals surface area contributed by atoms with Crippen molar-refractivity contribution >= 4 is 66.2 Å². The fourth-order valence-corrected chi connectivity index (χ4v) is 6.56. The summed E-state index contributed by atoms with van der Waals surface area (Å²) in [6.07, 6.45) is 0. The number of nitrogens with one attached hydrogen (secondary N) is 3. The van der Waals surface area contributed by atoms with Crippen LogP contribution in [0.25, 0.3) is 0 Å². The SMILES string of the molecule is Cc1ccc(NS(=O)(=O)c2cc(C(=O)Nc3ccc(S(=O)(=O)Nc4cc(Cl)ccc4C)cc3)ccc2Cl)cc1C. The third kappa shape index (κ3) is 6.76. The van der Waals surface area contributed by atoms with Crippen molar-refractivity contribution in [1.82, 2.24) is 0 Å². The average molecular weight is 619 g/mol. The summed E-state index contributed by atoms with van der Waals surface area (Å²) in [5.74, 6) is -0.609. The fourth-order valence-electron chi connectivity index (χ4n) is 3.69. The largest absolute Gasteiger partial charge is 0.322 e. The average Bonchev–Trinajstić information content (AvgIpc) is 2.88. The first-order chi connectivity index (χ1) is 18.7. The molecule has 0 aliphatic rings. The lowest BCUT2D eigenvalue weighted by Gasteiger charge is -2.13. The van der Waals surface area contributed by atoms with Crippen molar-refractivity contribution in [3.05, 3.63) is 111 Å². The fraction of sp³-hybridized carbons (Fsp3) is 0.107. The number of rotatable bonds is 8. The number of benzene rings is 4. The number of hydrogen-bond donors (Lipinski definition) is 3. The van der Waals surface area contributed by atoms with E-state index in [-0.39, 0.29) is 20.4 Å². The van der Waals surface area contributed by atoms with Crippen molar-refractivity contribution in [1.29, 1.82) is 0 Å². The highest BCUT2D eigenvalue weighted by Crippen LogP contribution is 2.27. The Morgan fingerprint density at radius 1 is 0.650 bits per heavy atom. The number of sulfonamides is 2. The quantitative estimate of drug-likeness (QED) is 0.201. The molecule has 4 rings (SSSR count). The monoisotopic (exact) mass is 617 g/mol. The Morgan fingerprint density at radius 2 is 1.30 bits per heavy atom. The number of halogens is 2. The summed E-state index contributed by atoms with van der Waals surface area (Å²) in [5.41, 5.74) is 3.68. The number of carbonyl (C=O) groups is 1. The number of hydrogen-bond acceptors (Lipinski definition) is 5. The summed E-state index contributed by atoms with van der Waals surface area (Å²) in [6.45, 7) is 5.53. The van der Waals surface area contributed by atoms with Crippen LogP contribution in [0.3, 0.4) is 0 Å². The summed E-state index contributed by atoms with van der Waals surface area (Å²) in [6, 6.07) is 19.4. The Balaban J connectivity index is 1.51. The molecule has 0 atom stereocenters. The molecule has 0 heterocycles. The van der Waals surface area contributed by atoms with E-state index in [1.165, 1.54) is 48.5 Å². The van der Waals surface area contributed by atoms with Crippen LogP contribution in [-0.4, -0.2) is 22.7 Å². The van der Waals surface area contributed by atoms with E-state index in [4.69, 9.17) is 23.2 Å². The smallest absolute Gasteiger partial charge is 0.263 e. The van der Waals surface area contributed by atoms with E-state index in [1.807, 2.05) is 13.8 Å². The van der Waals surface area contributed by atoms with Crippen LogP contribution in [0, 0.1) is 20.8 Å². The molecule has 0 aliphatic heterocycles. The van der Waals surface area contributed by atoms with Crippen molar-refractivity contribution in [3.8, 4) is 0 Å². The van der Waals surface area contributed by atoms with Gasteiger partial charge in [0.05, 0.1) is 15.6 Å². The first kappa shape index (κ1) is 29.4. The molecule has 0 unspecified atom stereocenters. The second-order valence-electron chi connectivity index (χ2n) is 9.09. The molecule has 0 bridgehead atoms. The van der Waals surface area contributed by atoms with E-state index in [2.05, 4.69) is 14.8 Å². The summed E-state index contributed by atoms with van der Waals surface area (Å²) in [7, 11) is -8.02. The molecule has 3 N–H and O–H groups in total. The molecule has 8 nitrogen and oxygen atoms in total. The lowest BCUT2D eigenvalue weighted by Crippen LogP contribution is -2.17. The Bertz CT molecular complexity index is 1830. The number of aryl methyl sites for hydroxylation is 3. The third-order valence-corrected chi connectivity index (χ3v) is 9.59. The minimum absolute atomic E-state index is 0.0258. The highest BCUT2D eigenvalue weighted by molar-refractivity contribution is 7.93. The van der Waals surface area contributed by atoms with Gasteiger partial charge in [0.1, 0.15) is 4.90 Å². The number of anilines is 3. The zero-order valence-corrected chi connectivity index (χ0v) is 24.8. The molecular formula is C28H25Cl2N3O5S2. The first-order valence-electron chi connectivity index (χ1n) is 11.9. The number of carbonyl (C=O) groups excluding carboxylic acids is 1. The zero-order valence-electron chi connectivity index (χ0n) is 21.6. The Hall–Kier alpha value is -3.57. The zero-order chi connectivity index (χ0) is 29.2. The summed E-state index contributed by atoms with van der Waals surface area (Å²) in [5, 5.41) is 2.97. The van der Waals surface area contributed by atoms with E-state index in [9.17, 15) is 21.6 Å². The normalized spacial score (nSPS) is 11.6. The molecular weight excluding hydrogens is 593 g/mol. The lowest BCUT2D eigenvalue weighted by molar-refractivity contribution is 0.102.